The first-order valence-electron chi connectivity index (χ1n) is 7.59. The molecule has 0 fully saturated rings. The van der Waals surface area contributed by atoms with Gasteiger partial charge in [-0.15, -0.1) is 22.7 Å². The normalized spacial score (nSPS) is 10.8. The van der Waals surface area contributed by atoms with E-state index in [2.05, 4.69) is 31.8 Å². The molecule has 0 radical (unpaired) electrons. The van der Waals surface area contributed by atoms with E-state index in [4.69, 9.17) is 0 Å². The molecule has 1 aromatic carbocycles. The van der Waals surface area contributed by atoms with E-state index in [9.17, 15) is 9.59 Å². The summed E-state index contributed by atoms with van der Waals surface area (Å²) in [4.78, 5) is 30.0. The van der Waals surface area contributed by atoms with Crippen LogP contribution in [0.5, 0.6) is 0 Å². The molecule has 0 saturated carbocycles. The monoisotopic (exact) mass is 447 g/mol. The fraction of sp³-hybridized carbons (Fsp3) is 0.0556. The number of carbonyl (C=O) groups excluding carboxylic acids is 2. The average Bonchev–Trinajstić information content (AvgIpc) is 3.24. The van der Waals surface area contributed by atoms with E-state index in [1.54, 1.807) is 13.0 Å². The van der Waals surface area contributed by atoms with E-state index in [1.807, 2.05) is 42.5 Å². The van der Waals surface area contributed by atoms with Crippen LogP contribution in [0.4, 0.5) is 0 Å². The molecule has 132 valence electrons. The third kappa shape index (κ3) is 4.66. The molecule has 2 amide bonds. The van der Waals surface area contributed by atoms with Crippen LogP contribution in [0.1, 0.15) is 20.2 Å². The molecule has 0 spiro atoms. The molecular weight excluding hydrogens is 434 g/mol. The summed E-state index contributed by atoms with van der Waals surface area (Å²) < 4.78 is 0.987. The molecule has 0 aliphatic rings. The number of carbonyl (C=O) groups is 2. The molecule has 5 nitrogen and oxygen atoms in total. The summed E-state index contributed by atoms with van der Waals surface area (Å²) in [6.45, 7) is 1.77. The topological polar surface area (TPSA) is 71.1 Å². The summed E-state index contributed by atoms with van der Waals surface area (Å²) >= 11 is 6.16. The van der Waals surface area contributed by atoms with Crippen LogP contribution in [0.25, 0.3) is 16.6 Å². The van der Waals surface area contributed by atoms with Crippen molar-refractivity contribution in [3.8, 4) is 10.6 Å². The molecule has 0 aliphatic heterocycles. The number of thiophene rings is 1. The van der Waals surface area contributed by atoms with Gasteiger partial charge in [0.2, 0.25) is 0 Å². The minimum Gasteiger partial charge on any atom is -0.268 e. The number of amides is 2. The van der Waals surface area contributed by atoms with Crippen molar-refractivity contribution >= 4 is 56.5 Å². The van der Waals surface area contributed by atoms with Crippen LogP contribution in [0.15, 0.2) is 52.3 Å². The molecule has 0 aliphatic carbocycles. The van der Waals surface area contributed by atoms with Gasteiger partial charge in [-0.1, -0.05) is 30.3 Å². The van der Waals surface area contributed by atoms with Gasteiger partial charge in [0.15, 0.2) is 0 Å². The summed E-state index contributed by atoms with van der Waals surface area (Å²) in [5, 5.41) is 0.766. The van der Waals surface area contributed by atoms with Crippen LogP contribution in [0.3, 0.4) is 0 Å². The van der Waals surface area contributed by atoms with Crippen molar-refractivity contribution in [2.45, 2.75) is 6.92 Å². The Labute approximate surface area is 166 Å². The van der Waals surface area contributed by atoms with E-state index >= 15 is 0 Å². The summed E-state index contributed by atoms with van der Waals surface area (Å²) in [5.74, 6) is -0.795. The molecule has 0 bridgehead atoms. The summed E-state index contributed by atoms with van der Waals surface area (Å²) in [6, 6.07) is 13.4. The maximum atomic E-state index is 12.3. The highest BCUT2D eigenvalue weighted by molar-refractivity contribution is 9.11. The molecule has 0 saturated heterocycles. The third-order valence-electron chi connectivity index (χ3n) is 3.32. The summed E-state index contributed by atoms with van der Waals surface area (Å²) in [5.41, 5.74) is 6.38. The number of benzene rings is 1. The predicted molar refractivity (Wildman–Crippen MR) is 109 cm³/mol. The molecule has 2 N–H and O–H groups in total. The number of hydrogen-bond donors (Lipinski definition) is 2. The van der Waals surface area contributed by atoms with Gasteiger partial charge in [0.25, 0.3) is 11.8 Å². The fourth-order valence-electron chi connectivity index (χ4n) is 2.10. The highest BCUT2D eigenvalue weighted by atomic mass is 79.9. The van der Waals surface area contributed by atoms with Crippen molar-refractivity contribution in [1.82, 2.24) is 15.8 Å². The highest BCUT2D eigenvalue weighted by Crippen LogP contribution is 2.27. The number of rotatable bonds is 4. The van der Waals surface area contributed by atoms with Crippen LogP contribution < -0.4 is 10.9 Å². The Morgan fingerprint density at radius 2 is 1.85 bits per heavy atom. The average molecular weight is 448 g/mol. The van der Waals surface area contributed by atoms with Crippen molar-refractivity contribution < 1.29 is 9.59 Å². The standard InChI is InChI=1S/C18H14BrN3O2S2/c1-11-16(26-18(20-11)12-5-3-2-4-6-12)17(24)22-21-15(23)10-8-13-7-9-14(19)25-13/h2-10H,1H3,(H,21,23)(H,22,24)/b10-8+. The molecule has 26 heavy (non-hydrogen) atoms. The first-order valence-corrected chi connectivity index (χ1v) is 10.0. The van der Waals surface area contributed by atoms with E-state index in [0.717, 1.165) is 19.2 Å². The lowest BCUT2D eigenvalue weighted by Crippen LogP contribution is -2.40. The summed E-state index contributed by atoms with van der Waals surface area (Å²) in [7, 11) is 0. The number of aromatic nitrogens is 1. The van der Waals surface area contributed by atoms with Gasteiger partial charge in [0.1, 0.15) is 9.88 Å². The quantitative estimate of drug-likeness (QED) is 0.459. The second-order valence-corrected chi connectivity index (χ2v) is 8.71. The Morgan fingerprint density at radius 1 is 1.08 bits per heavy atom. The lowest BCUT2D eigenvalue weighted by molar-refractivity contribution is -0.117. The first-order chi connectivity index (χ1) is 12.5. The number of hydrogen-bond acceptors (Lipinski definition) is 5. The molecular formula is C18H14BrN3O2S2. The SMILES string of the molecule is Cc1nc(-c2ccccc2)sc1C(=O)NNC(=O)/C=C/c1ccc(Br)s1. The van der Waals surface area contributed by atoms with Crippen LogP contribution in [-0.2, 0) is 4.79 Å². The number of thiazole rings is 1. The Bertz CT molecular complexity index is 964. The van der Waals surface area contributed by atoms with Crippen molar-refractivity contribution in [3.05, 3.63) is 67.8 Å². The highest BCUT2D eigenvalue weighted by Gasteiger charge is 2.16. The van der Waals surface area contributed by atoms with Gasteiger partial charge in [-0.2, -0.15) is 0 Å². The van der Waals surface area contributed by atoms with Gasteiger partial charge < -0.3 is 0 Å². The molecule has 3 aromatic rings. The van der Waals surface area contributed by atoms with Crippen LogP contribution in [-0.4, -0.2) is 16.8 Å². The lowest BCUT2D eigenvalue weighted by Gasteiger charge is -2.03. The van der Waals surface area contributed by atoms with Gasteiger partial charge in [-0.3, -0.25) is 20.4 Å². The van der Waals surface area contributed by atoms with Crippen molar-refractivity contribution in [3.63, 3.8) is 0 Å². The van der Waals surface area contributed by atoms with Gasteiger partial charge in [-0.05, 0) is 41.1 Å². The molecule has 0 atom stereocenters. The third-order valence-corrected chi connectivity index (χ3v) is 6.11. The second-order valence-electron chi connectivity index (χ2n) is 5.22. The van der Waals surface area contributed by atoms with Crippen molar-refractivity contribution in [1.29, 1.82) is 0 Å². The second kappa shape index (κ2) is 8.39. The van der Waals surface area contributed by atoms with Gasteiger partial charge in [0, 0.05) is 16.5 Å². The van der Waals surface area contributed by atoms with Gasteiger partial charge >= 0.3 is 0 Å². The van der Waals surface area contributed by atoms with Crippen LogP contribution in [0, 0.1) is 6.92 Å². The maximum Gasteiger partial charge on any atom is 0.281 e. The molecule has 0 unspecified atom stereocenters. The Kier molecular flexibility index (Phi) is 5.97. The lowest BCUT2D eigenvalue weighted by atomic mass is 10.2. The fourth-order valence-corrected chi connectivity index (χ4v) is 4.40. The number of hydrazine groups is 1. The van der Waals surface area contributed by atoms with Crippen molar-refractivity contribution in [2.24, 2.45) is 0 Å². The maximum absolute atomic E-state index is 12.3. The predicted octanol–water partition coefficient (Wildman–Crippen LogP) is 4.42. The largest absolute Gasteiger partial charge is 0.281 e. The van der Waals surface area contributed by atoms with Crippen LogP contribution in [0.2, 0.25) is 0 Å². The van der Waals surface area contributed by atoms with E-state index in [1.165, 1.54) is 28.7 Å². The van der Waals surface area contributed by atoms with Crippen molar-refractivity contribution in [2.75, 3.05) is 0 Å². The number of halogens is 1. The Hall–Kier alpha value is -2.29. The number of aryl methyl sites for hydroxylation is 1. The minimum atomic E-state index is -0.409. The van der Waals surface area contributed by atoms with E-state index in [0.29, 0.717) is 10.6 Å². The molecule has 2 aromatic heterocycles. The molecule has 3 rings (SSSR count). The van der Waals surface area contributed by atoms with Gasteiger partial charge in [-0.25, -0.2) is 4.98 Å². The minimum absolute atomic E-state index is 0.386. The molecule has 2 heterocycles. The summed E-state index contributed by atoms with van der Waals surface area (Å²) in [6.07, 6.45) is 3.05. The number of nitrogens with one attached hydrogen (secondary N) is 2. The van der Waals surface area contributed by atoms with Crippen LogP contribution >= 0.6 is 38.6 Å². The first kappa shape index (κ1) is 18.5. The Balaban J connectivity index is 1.61. The van der Waals surface area contributed by atoms with E-state index in [-0.39, 0.29) is 5.91 Å². The molecule has 8 heteroatoms. The smallest absolute Gasteiger partial charge is 0.268 e. The zero-order valence-electron chi connectivity index (χ0n) is 13.7. The Morgan fingerprint density at radius 3 is 2.54 bits per heavy atom. The van der Waals surface area contributed by atoms with E-state index < -0.39 is 5.91 Å². The number of nitrogens with zero attached hydrogens (tertiary/aromatic N) is 1. The zero-order valence-corrected chi connectivity index (χ0v) is 16.9. The van der Waals surface area contributed by atoms with Gasteiger partial charge in [0.05, 0.1) is 9.48 Å². The zero-order chi connectivity index (χ0) is 18.5.